The van der Waals surface area contributed by atoms with E-state index in [1.807, 2.05) is 13.8 Å². The number of hydrogen-bond donors (Lipinski definition) is 1. The number of carbonyl (C=O) groups is 1. The molecule has 1 rings (SSSR count). The standard InChI is InChI=1S/C14H22N2O3/c1-4-16(8-9-18-3)14(17)11-6-7-13(19-5-2)12(15)10-11/h6-7,10H,4-5,8-9,15H2,1-3H3. The second kappa shape index (κ2) is 7.63. The largest absolute Gasteiger partial charge is 0.492 e. The van der Waals surface area contributed by atoms with Crippen LogP contribution in [0.4, 0.5) is 5.69 Å². The molecule has 0 radical (unpaired) electrons. The molecule has 0 bridgehead atoms. The summed E-state index contributed by atoms with van der Waals surface area (Å²) in [5, 5.41) is 0. The first-order valence-electron chi connectivity index (χ1n) is 6.44. The van der Waals surface area contributed by atoms with Gasteiger partial charge in [0.25, 0.3) is 5.91 Å². The molecule has 0 fully saturated rings. The number of rotatable bonds is 7. The maximum atomic E-state index is 12.3. The summed E-state index contributed by atoms with van der Waals surface area (Å²) in [5.74, 6) is 0.563. The van der Waals surface area contributed by atoms with Crippen molar-refractivity contribution in [2.45, 2.75) is 13.8 Å². The number of benzene rings is 1. The SMILES string of the molecule is CCOc1ccc(C(=O)N(CC)CCOC)cc1N. The van der Waals surface area contributed by atoms with Gasteiger partial charge in [0.05, 0.1) is 18.9 Å². The lowest BCUT2D eigenvalue weighted by Gasteiger charge is -2.21. The Labute approximate surface area is 114 Å². The molecule has 0 aromatic heterocycles. The Hall–Kier alpha value is -1.75. The Morgan fingerprint density at radius 1 is 1.37 bits per heavy atom. The fraction of sp³-hybridized carbons (Fsp3) is 0.500. The fourth-order valence-corrected chi connectivity index (χ4v) is 1.76. The lowest BCUT2D eigenvalue weighted by atomic mass is 10.1. The van der Waals surface area contributed by atoms with Crippen LogP contribution in [0, 0.1) is 0 Å². The minimum atomic E-state index is -0.0469. The van der Waals surface area contributed by atoms with Gasteiger partial charge in [-0.05, 0) is 32.0 Å². The number of methoxy groups -OCH3 is 1. The number of nitrogens with two attached hydrogens (primary N) is 1. The first kappa shape index (κ1) is 15.3. The van der Waals surface area contributed by atoms with Gasteiger partial charge >= 0.3 is 0 Å². The molecule has 0 atom stereocenters. The third-order valence-corrected chi connectivity index (χ3v) is 2.79. The third kappa shape index (κ3) is 4.13. The van der Waals surface area contributed by atoms with E-state index in [2.05, 4.69) is 0 Å². The highest BCUT2D eigenvalue weighted by Crippen LogP contribution is 2.23. The molecular formula is C14H22N2O3. The van der Waals surface area contributed by atoms with Crippen LogP contribution in [0.25, 0.3) is 0 Å². The van der Waals surface area contributed by atoms with E-state index >= 15 is 0 Å². The summed E-state index contributed by atoms with van der Waals surface area (Å²) in [5.41, 5.74) is 6.92. The van der Waals surface area contributed by atoms with Crippen molar-refractivity contribution < 1.29 is 14.3 Å². The van der Waals surface area contributed by atoms with Crippen LogP contribution < -0.4 is 10.5 Å². The molecule has 0 aliphatic heterocycles. The van der Waals surface area contributed by atoms with E-state index < -0.39 is 0 Å². The molecule has 0 aliphatic rings. The number of carbonyl (C=O) groups excluding carboxylic acids is 1. The predicted molar refractivity (Wildman–Crippen MR) is 75.5 cm³/mol. The van der Waals surface area contributed by atoms with Crippen molar-refractivity contribution in [2.75, 3.05) is 39.1 Å². The van der Waals surface area contributed by atoms with E-state index in [0.717, 1.165) is 0 Å². The maximum absolute atomic E-state index is 12.3. The monoisotopic (exact) mass is 266 g/mol. The van der Waals surface area contributed by atoms with E-state index in [4.69, 9.17) is 15.2 Å². The van der Waals surface area contributed by atoms with Crippen molar-refractivity contribution >= 4 is 11.6 Å². The van der Waals surface area contributed by atoms with Gasteiger partial charge in [-0.3, -0.25) is 4.79 Å². The first-order chi connectivity index (χ1) is 9.13. The number of likely N-dealkylation sites (N-methyl/N-ethyl adjacent to an activating group) is 1. The number of ether oxygens (including phenoxy) is 2. The van der Waals surface area contributed by atoms with Gasteiger partial charge in [-0.1, -0.05) is 0 Å². The number of nitrogen functional groups attached to an aromatic ring is 1. The fourth-order valence-electron chi connectivity index (χ4n) is 1.76. The van der Waals surface area contributed by atoms with Crippen LogP contribution in [0.3, 0.4) is 0 Å². The van der Waals surface area contributed by atoms with Crippen LogP contribution in [-0.4, -0.2) is 44.2 Å². The Morgan fingerprint density at radius 2 is 2.11 bits per heavy atom. The molecule has 5 nitrogen and oxygen atoms in total. The summed E-state index contributed by atoms with van der Waals surface area (Å²) in [6.45, 7) is 6.10. The molecule has 0 saturated heterocycles. The van der Waals surface area contributed by atoms with Crippen molar-refractivity contribution in [3.63, 3.8) is 0 Å². The number of amides is 1. The normalized spacial score (nSPS) is 10.3. The molecule has 2 N–H and O–H groups in total. The van der Waals surface area contributed by atoms with Gasteiger partial charge in [0.2, 0.25) is 0 Å². The number of nitrogens with zero attached hydrogens (tertiary/aromatic N) is 1. The molecule has 0 unspecified atom stereocenters. The van der Waals surface area contributed by atoms with Crippen molar-refractivity contribution in [1.29, 1.82) is 0 Å². The average Bonchev–Trinajstić information content (AvgIpc) is 2.42. The molecule has 0 saturated carbocycles. The molecule has 1 aromatic rings. The maximum Gasteiger partial charge on any atom is 0.254 e. The van der Waals surface area contributed by atoms with E-state index in [9.17, 15) is 4.79 Å². The minimum absolute atomic E-state index is 0.0469. The molecule has 106 valence electrons. The zero-order valence-electron chi connectivity index (χ0n) is 11.8. The van der Waals surface area contributed by atoms with Gasteiger partial charge in [0, 0.05) is 25.8 Å². The average molecular weight is 266 g/mol. The van der Waals surface area contributed by atoms with Gasteiger partial charge in [0.15, 0.2) is 0 Å². The van der Waals surface area contributed by atoms with Crippen LogP contribution >= 0.6 is 0 Å². The lowest BCUT2D eigenvalue weighted by Crippen LogP contribution is -2.33. The van der Waals surface area contributed by atoms with Crippen LogP contribution in [0.15, 0.2) is 18.2 Å². The van der Waals surface area contributed by atoms with Crippen LogP contribution in [0.1, 0.15) is 24.2 Å². The van der Waals surface area contributed by atoms with Gasteiger partial charge in [-0.2, -0.15) is 0 Å². The van der Waals surface area contributed by atoms with Crippen molar-refractivity contribution in [2.24, 2.45) is 0 Å². The summed E-state index contributed by atoms with van der Waals surface area (Å²) >= 11 is 0. The zero-order valence-corrected chi connectivity index (χ0v) is 11.8. The van der Waals surface area contributed by atoms with E-state index in [-0.39, 0.29) is 5.91 Å². The summed E-state index contributed by atoms with van der Waals surface area (Å²) in [7, 11) is 1.62. The number of hydrogen-bond acceptors (Lipinski definition) is 4. The summed E-state index contributed by atoms with van der Waals surface area (Å²) < 4.78 is 10.3. The Morgan fingerprint density at radius 3 is 2.63 bits per heavy atom. The van der Waals surface area contributed by atoms with Gasteiger partial charge in [-0.15, -0.1) is 0 Å². The molecule has 0 spiro atoms. The summed E-state index contributed by atoms with van der Waals surface area (Å²) in [6.07, 6.45) is 0. The predicted octanol–water partition coefficient (Wildman–Crippen LogP) is 1.78. The Balaban J connectivity index is 2.83. The second-order valence-electron chi connectivity index (χ2n) is 4.06. The molecule has 1 aromatic carbocycles. The van der Waals surface area contributed by atoms with Crippen LogP contribution in [0.5, 0.6) is 5.75 Å². The van der Waals surface area contributed by atoms with Crippen molar-refractivity contribution in [1.82, 2.24) is 4.90 Å². The third-order valence-electron chi connectivity index (χ3n) is 2.79. The van der Waals surface area contributed by atoms with Gasteiger partial charge < -0.3 is 20.1 Å². The van der Waals surface area contributed by atoms with E-state index in [1.54, 1.807) is 30.2 Å². The summed E-state index contributed by atoms with van der Waals surface area (Å²) in [4.78, 5) is 14.0. The van der Waals surface area contributed by atoms with Crippen LogP contribution in [-0.2, 0) is 4.74 Å². The lowest BCUT2D eigenvalue weighted by molar-refractivity contribution is 0.0706. The van der Waals surface area contributed by atoms with E-state index in [1.165, 1.54) is 0 Å². The molecule has 0 heterocycles. The van der Waals surface area contributed by atoms with Crippen molar-refractivity contribution in [3.8, 4) is 5.75 Å². The second-order valence-corrected chi connectivity index (χ2v) is 4.06. The first-order valence-corrected chi connectivity index (χ1v) is 6.44. The Bertz CT molecular complexity index is 421. The smallest absolute Gasteiger partial charge is 0.254 e. The topological polar surface area (TPSA) is 64.8 Å². The highest BCUT2D eigenvalue weighted by atomic mass is 16.5. The minimum Gasteiger partial charge on any atom is -0.492 e. The zero-order chi connectivity index (χ0) is 14.3. The highest BCUT2D eigenvalue weighted by molar-refractivity contribution is 5.95. The summed E-state index contributed by atoms with van der Waals surface area (Å²) in [6, 6.07) is 5.12. The van der Waals surface area contributed by atoms with Gasteiger partial charge in [0.1, 0.15) is 5.75 Å². The molecule has 19 heavy (non-hydrogen) atoms. The molecule has 1 amide bonds. The highest BCUT2D eigenvalue weighted by Gasteiger charge is 2.15. The van der Waals surface area contributed by atoms with Crippen LogP contribution in [0.2, 0.25) is 0 Å². The van der Waals surface area contributed by atoms with E-state index in [0.29, 0.717) is 43.3 Å². The molecule has 0 aliphatic carbocycles. The Kier molecular flexibility index (Phi) is 6.15. The number of anilines is 1. The van der Waals surface area contributed by atoms with Gasteiger partial charge in [-0.25, -0.2) is 0 Å². The molecular weight excluding hydrogens is 244 g/mol. The van der Waals surface area contributed by atoms with Crippen molar-refractivity contribution in [3.05, 3.63) is 23.8 Å². The molecule has 5 heteroatoms. The quantitative estimate of drug-likeness (QED) is 0.764.